The van der Waals surface area contributed by atoms with Gasteiger partial charge in [-0.25, -0.2) is 9.78 Å². The van der Waals surface area contributed by atoms with Crippen LogP contribution in [-0.2, 0) is 6.54 Å². The van der Waals surface area contributed by atoms with E-state index in [1.807, 2.05) is 0 Å². The second-order valence-electron chi connectivity index (χ2n) is 3.38. The Morgan fingerprint density at radius 2 is 2.24 bits per heavy atom. The zero-order chi connectivity index (χ0) is 12.3. The average Bonchev–Trinajstić information content (AvgIpc) is 2.34. The van der Waals surface area contributed by atoms with Gasteiger partial charge in [0.25, 0.3) is 5.56 Å². The Bertz CT molecular complexity index is 602. The molecule has 17 heavy (non-hydrogen) atoms. The number of methoxy groups -OCH3 is 1. The Labute approximate surface area is 96.5 Å². The molecule has 0 unspecified atom stereocenters. The summed E-state index contributed by atoms with van der Waals surface area (Å²) in [5, 5.41) is 0. The SMILES string of the molecule is COc1ncccc1Cn1c(=O)cc[nH]c1=O. The van der Waals surface area contributed by atoms with Crippen molar-refractivity contribution in [2.75, 3.05) is 7.11 Å². The third-order valence-corrected chi connectivity index (χ3v) is 2.32. The minimum Gasteiger partial charge on any atom is -0.481 e. The fourth-order valence-corrected chi connectivity index (χ4v) is 1.50. The predicted molar refractivity (Wildman–Crippen MR) is 61.2 cm³/mol. The van der Waals surface area contributed by atoms with Gasteiger partial charge in [0.2, 0.25) is 5.88 Å². The highest BCUT2D eigenvalue weighted by Gasteiger charge is 2.07. The van der Waals surface area contributed by atoms with Crippen LogP contribution >= 0.6 is 0 Å². The molecule has 2 aromatic heterocycles. The van der Waals surface area contributed by atoms with Crippen molar-refractivity contribution in [1.29, 1.82) is 0 Å². The molecule has 2 rings (SSSR count). The molecule has 0 atom stereocenters. The summed E-state index contributed by atoms with van der Waals surface area (Å²) in [6, 6.07) is 4.77. The summed E-state index contributed by atoms with van der Waals surface area (Å²) in [6.45, 7) is 0.131. The molecule has 0 saturated heterocycles. The van der Waals surface area contributed by atoms with Crippen molar-refractivity contribution in [1.82, 2.24) is 14.5 Å². The Morgan fingerprint density at radius 1 is 1.41 bits per heavy atom. The monoisotopic (exact) mass is 233 g/mol. The summed E-state index contributed by atoms with van der Waals surface area (Å²) in [7, 11) is 1.49. The van der Waals surface area contributed by atoms with E-state index in [4.69, 9.17) is 4.74 Å². The van der Waals surface area contributed by atoms with Crippen molar-refractivity contribution in [3.63, 3.8) is 0 Å². The van der Waals surface area contributed by atoms with Gasteiger partial charge < -0.3 is 9.72 Å². The van der Waals surface area contributed by atoms with Crippen LogP contribution in [0.3, 0.4) is 0 Å². The molecule has 0 aliphatic rings. The van der Waals surface area contributed by atoms with Gasteiger partial charge in [0.1, 0.15) is 0 Å². The average molecular weight is 233 g/mol. The molecule has 0 aliphatic carbocycles. The van der Waals surface area contributed by atoms with Gasteiger partial charge in [-0.2, -0.15) is 0 Å². The molecule has 0 aliphatic heterocycles. The van der Waals surface area contributed by atoms with Crippen LogP contribution in [0.2, 0.25) is 0 Å². The van der Waals surface area contributed by atoms with E-state index >= 15 is 0 Å². The first kappa shape index (κ1) is 11.1. The highest BCUT2D eigenvalue weighted by molar-refractivity contribution is 5.25. The molecular weight excluding hydrogens is 222 g/mol. The molecule has 0 aromatic carbocycles. The van der Waals surface area contributed by atoms with Crippen LogP contribution in [0.15, 0.2) is 40.2 Å². The number of nitrogens with zero attached hydrogens (tertiary/aromatic N) is 2. The molecule has 2 heterocycles. The minimum absolute atomic E-state index is 0.131. The van der Waals surface area contributed by atoms with Crippen molar-refractivity contribution in [3.05, 3.63) is 57.0 Å². The van der Waals surface area contributed by atoms with Crippen molar-refractivity contribution < 1.29 is 4.74 Å². The zero-order valence-corrected chi connectivity index (χ0v) is 9.21. The van der Waals surface area contributed by atoms with E-state index in [-0.39, 0.29) is 12.1 Å². The second-order valence-corrected chi connectivity index (χ2v) is 3.38. The summed E-state index contributed by atoms with van der Waals surface area (Å²) in [6.07, 6.45) is 2.90. The molecule has 0 amide bonds. The maximum atomic E-state index is 11.5. The van der Waals surface area contributed by atoms with Crippen LogP contribution in [0.25, 0.3) is 0 Å². The van der Waals surface area contributed by atoms with Gasteiger partial charge >= 0.3 is 5.69 Å². The number of aromatic nitrogens is 3. The Kier molecular flexibility index (Phi) is 3.04. The summed E-state index contributed by atoms with van der Waals surface area (Å²) in [4.78, 5) is 29.5. The molecule has 0 radical (unpaired) electrons. The number of ether oxygens (including phenoxy) is 1. The number of aromatic amines is 1. The normalized spacial score (nSPS) is 10.2. The van der Waals surface area contributed by atoms with E-state index in [9.17, 15) is 9.59 Å². The van der Waals surface area contributed by atoms with Crippen LogP contribution < -0.4 is 16.0 Å². The fraction of sp³-hybridized carbons (Fsp3) is 0.182. The number of nitrogens with one attached hydrogen (secondary N) is 1. The van der Waals surface area contributed by atoms with Crippen molar-refractivity contribution in [2.24, 2.45) is 0 Å². The highest BCUT2D eigenvalue weighted by atomic mass is 16.5. The first-order chi connectivity index (χ1) is 8.22. The second kappa shape index (κ2) is 4.65. The molecular formula is C11H11N3O3. The van der Waals surface area contributed by atoms with Crippen molar-refractivity contribution >= 4 is 0 Å². The number of hydrogen-bond donors (Lipinski definition) is 1. The Hall–Kier alpha value is -2.37. The molecule has 6 heteroatoms. The van der Waals surface area contributed by atoms with Gasteiger partial charge in [0.05, 0.1) is 13.7 Å². The third kappa shape index (κ3) is 2.25. The molecule has 0 bridgehead atoms. The van der Waals surface area contributed by atoms with E-state index in [1.54, 1.807) is 18.3 Å². The van der Waals surface area contributed by atoms with Gasteiger partial charge in [-0.3, -0.25) is 9.36 Å². The highest BCUT2D eigenvalue weighted by Crippen LogP contribution is 2.13. The fourth-order valence-electron chi connectivity index (χ4n) is 1.50. The van der Waals surface area contributed by atoms with Gasteiger partial charge in [0, 0.05) is 24.0 Å². The lowest BCUT2D eigenvalue weighted by Crippen LogP contribution is -2.34. The van der Waals surface area contributed by atoms with Crippen LogP contribution in [0.1, 0.15) is 5.56 Å². The lowest BCUT2D eigenvalue weighted by Gasteiger charge is -2.07. The zero-order valence-electron chi connectivity index (χ0n) is 9.21. The lowest BCUT2D eigenvalue weighted by molar-refractivity contribution is 0.390. The molecule has 0 fully saturated rings. The summed E-state index contributed by atoms with van der Waals surface area (Å²) >= 11 is 0. The summed E-state index contributed by atoms with van der Waals surface area (Å²) in [5.41, 5.74) is -0.142. The number of H-pyrrole nitrogens is 1. The van der Waals surface area contributed by atoms with Gasteiger partial charge in [-0.05, 0) is 6.07 Å². The quantitative estimate of drug-likeness (QED) is 0.808. The van der Waals surface area contributed by atoms with Gasteiger partial charge in [-0.1, -0.05) is 6.07 Å². The van der Waals surface area contributed by atoms with Crippen molar-refractivity contribution in [3.8, 4) is 5.88 Å². The third-order valence-electron chi connectivity index (χ3n) is 2.32. The topological polar surface area (TPSA) is 77.0 Å². The molecule has 6 nitrogen and oxygen atoms in total. The molecule has 0 saturated carbocycles. The standard InChI is InChI=1S/C11H11N3O3/c1-17-10-8(3-2-5-12-10)7-14-9(15)4-6-13-11(14)16/h2-6H,7H2,1H3,(H,13,16). The van der Waals surface area contributed by atoms with Crippen molar-refractivity contribution in [2.45, 2.75) is 6.54 Å². The minimum atomic E-state index is -0.455. The molecule has 1 N–H and O–H groups in total. The lowest BCUT2D eigenvalue weighted by atomic mass is 10.2. The van der Waals surface area contributed by atoms with Crippen LogP contribution in [-0.4, -0.2) is 21.6 Å². The number of rotatable bonds is 3. The van der Waals surface area contributed by atoms with Crippen LogP contribution in [0.4, 0.5) is 0 Å². The number of hydrogen-bond acceptors (Lipinski definition) is 4. The van der Waals surface area contributed by atoms with E-state index in [1.165, 1.54) is 19.4 Å². The van der Waals surface area contributed by atoms with Gasteiger partial charge in [-0.15, -0.1) is 0 Å². The van der Waals surface area contributed by atoms with Gasteiger partial charge in [0.15, 0.2) is 0 Å². The summed E-state index contributed by atoms with van der Waals surface area (Å²) in [5.74, 6) is 0.405. The Morgan fingerprint density at radius 3 is 2.94 bits per heavy atom. The predicted octanol–water partition coefficient (Wildman–Crippen LogP) is -0.0115. The summed E-state index contributed by atoms with van der Waals surface area (Å²) < 4.78 is 6.14. The number of pyridine rings is 1. The smallest absolute Gasteiger partial charge is 0.328 e. The van der Waals surface area contributed by atoms with E-state index in [0.29, 0.717) is 11.4 Å². The molecule has 88 valence electrons. The van der Waals surface area contributed by atoms with E-state index < -0.39 is 5.69 Å². The van der Waals surface area contributed by atoms with Crippen LogP contribution in [0, 0.1) is 0 Å². The van der Waals surface area contributed by atoms with E-state index in [2.05, 4.69) is 9.97 Å². The molecule has 0 spiro atoms. The first-order valence-corrected chi connectivity index (χ1v) is 4.99. The maximum Gasteiger partial charge on any atom is 0.328 e. The largest absolute Gasteiger partial charge is 0.481 e. The Balaban J connectivity index is 2.45. The van der Waals surface area contributed by atoms with E-state index in [0.717, 1.165) is 4.57 Å². The van der Waals surface area contributed by atoms with Crippen LogP contribution in [0.5, 0.6) is 5.88 Å². The first-order valence-electron chi connectivity index (χ1n) is 4.99. The maximum absolute atomic E-state index is 11.5. The molecule has 2 aromatic rings.